The average Bonchev–Trinajstić information content (AvgIpc) is 2.78. The molecular formula is C25H20IN2S+. The van der Waals surface area contributed by atoms with Gasteiger partial charge >= 0.3 is 21.2 Å². The molecule has 1 aliphatic rings. The van der Waals surface area contributed by atoms with Crippen molar-refractivity contribution in [3.8, 4) is 0 Å². The predicted molar refractivity (Wildman–Crippen MR) is 118 cm³/mol. The quantitative estimate of drug-likeness (QED) is 0.417. The lowest BCUT2D eigenvalue weighted by atomic mass is 10.2. The highest BCUT2D eigenvalue weighted by Crippen LogP contribution is 2.47. The van der Waals surface area contributed by atoms with E-state index in [9.17, 15) is 0 Å². The minimum Gasteiger partial charge on any atom is -0.367 e. The molecule has 0 radical (unpaired) electrons. The predicted octanol–water partition coefficient (Wildman–Crippen LogP) is 3.49. The van der Waals surface area contributed by atoms with Gasteiger partial charge in [0.25, 0.3) is 0 Å². The molecule has 4 heteroatoms. The number of rotatable bonds is 5. The normalized spacial score (nSPS) is 12.2. The molecule has 2 nitrogen and oxygen atoms in total. The van der Waals surface area contributed by atoms with Crippen molar-refractivity contribution in [1.29, 1.82) is 0 Å². The van der Waals surface area contributed by atoms with Gasteiger partial charge in [-0.25, -0.2) is 0 Å². The van der Waals surface area contributed by atoms with E-state index in [1.807, 2.05) is 11.8 Å². The number of anilines is 3. The largest absolute Gasteiger partial charge is 0.367 e. The Kier molecular flexibility index (Phi) is 5.45. The summed E-state index contributed by atoms with van der Waals surface area (Å²) in [7, 11) is 0. The highest BCUT2D eigenvalue weighted by atomic mass is 127. The Morgan fingerprint density at radius 3 is 1.83 bits per heavy atom. The molecular weight excluding hydrogens is 487 g/mol. The van der Waals surface area contributed by atoms with Crippen LogP contribution < -0.4 is 31.4 Å². The molecule has 1 heterocycles. The molecule has 0 atom stereocenters. The summed E-state index contributed by atoms with van der Waals surface area (Å²) < 4.78 is 2.89. The molecule has 0 unspecified atom stereocenters. The van der Waals surface area contributed by atoms with Gasteiger partial charge in [0.05, 0.1) is 18.0 Å². The maximum Gasteiger partial charge on any atom is 0.357 e. The summed E-state index contributed by atoms with van der Waals surface area (Å²) in [6, 6.07) is 37.0. The minimum absolute atomic E-state index is 0.118. The molecule has 29 heavy (non-hydrogen) atoms. The fraction of sp³-hybridized carbons (Fsp3) is 0.0400. The number of hydrogen-bond donors (Lipinski definition) is 1. The van der Waals surface area contributed by atoms with Crippen LogP contribution in [0.25, 0.3) is 0 Å². The van der Waals surface area contributed by atoms with Crippen molar-refractivity contribution in [2.75, 3.05) is 16.9 Å². The zero-order valence-corrected chi connectivity index (χ0v) is 18.7. The summed E-state index contributed by atoms with van der Waals surface area (Å²) >= 11 is 1.73. The number of halogens is 1. The van der Waals surface area contributed by atoms with E-state index in [1.54, 1.807) is 0 Å². The number of hydrogen-bond acceptors (Lipinski definition) is 3. The van der Waals surface area contributed by atoms with E-state index >= 15 is 0 Å². The van der Waals surface area contributed by atoms with Gasteiger partial charge in [-0.2, -0.15) is 0 Å². The van der Waals surface area contributed by atoms with Crippen LogP contribution in [0.3, 0.4) is 0 Å². The van der Waals surface area contributed by atoms with Crippen LogP contribution in [-0.4, -0.2) is 6.67 Å². The third kappa shape index (κ3) is 4.14. The standard InChI is InChI=1S/C25H20IN2S/c1-2-8-19(9-3-1)26-20-14-16-21(17-15-20)27-18-28-22-10-4-6-12-24(22)29-25-13-7-5-11-23(25)28/h1-17,27H,18H2/q+1. The molecule has 5 rings (SSSR count). The molecule has 4 aromatic rings. The smallest absolute Gasteiger partial charge is 0.357 e. The van der Waals surface area contributed by atoms with Crippen LogP contribution in [0.5, 0.6) is 0 Å². The van der Waals surface area contributed by atoms with Crippen LogP contribution in [0.15, 0.2) is 113 Å². The first-order valence-electron chi connectivity index (χ1n) is 9.54. The van der Waals surface area contributed by atoms with Crippen LogP contribution in [0.2, 0.25) is 0 Å². The summed E-state index contributed by atoms with van der Waals surface area (Å²) in [6.07, 6.45) is 0. The van der Waals surface area contributed by atoms with E-state index < -0.39 is 0 Å². The third-order valence-corrected chi connectivity index (χ3v) is 8.58. The lowest BCUT2D eigenvalue weighted by Gasteiger charge is -2.33. The third-order valence-electron chi connectivity index (χ3n) is 4.77. The summed E-state index contributed by atoms with van der Waals surface area (Å²) in [5, 5.41) is 3.62. The van der Waals surface area contributed by atoms with E-state index in [0.29, 0.717) is 0 Å². The molecule has 0 spiro atoms. The van der Waals surface area contributed by atoms with Gasteiger partial charge in [0.2, 0.25) is 0 Å². The number of fused-ring (bicyclic) bond motifs is 2. The molecule has 4 aromatic carbocycles. The van der Waals surface area contributed by atoms with Crippen molar-refractivity contribution in [2.45, 2.75) is 9.79 Å². The Bertz CT molecular complexity index is 1070. The fourth-order valence-corrected chi connectivity index (χ4v) is 6.67. The summed E-state index contributed by atoms with van der Waals surface area (Å²) in [4.78, 5) is 4.97. The van der Waals surface area contributed by atoms with Crippen LogP contribution in [0.4, 0.5) is 17.1 Å². The van der Waals surface area contributed by atoms with Gasteiger partial charge in [0.15, 0.2) is 7.14 Å². The Balaban J connectivity index is 1.33. The van der Waals surface area contributed by atoms with Gasteiger partial charge in [-0.15, -0.1) is 0 Å². The van der Waals surface area contributed by atoms with Gasteiger partial charge in [0.1, 0.15) is 0 Å². The van der Waals surface area contributed by atoms with Crippen molar-refractivity contribution in [3.63, 3.8) is 0 Å². The first-order valence-corrected chi connectivity index (χ1v) is 12.5. The SMILES string of the molecule is c1ccc([I+]c2ccc(NCN3c4ccccc4Sc4ccccc43)cc2)cc1. The van der Waals surface area contributed by atoms with E-state index in [0.717, 1.165) is 12.4 Å². The number of benzene rings is 4. The maximum atomic E-state index is 3.62. The van der Waals surface area contributed by atoms with Gasteiger partial charge < -0.3 is 10.2 Å². The summed E-state index contributed by atoms with van der Waals surface area (Å²) in [5.41, 5.74) is 3.67. The average molecular weight is 507 g/mol. The fourth-order valence-electron chi connectivity index (χ4n) is 3.36. The second-order valence-corrected chi connectivity index (χ2v) is 10.8. The van der Waals surface area contributed by atoms with E-state index in [1.165, 1.54) is 28.3 Å². The highest BCUT2D eigenvalue weighted by molar-refractivity contribution is 7.99. The van der Waals surface area contributed by atoms with E-state index in [-0.39, 0.29) is 21.2 Å². The van der Waals surface area contributed by atoms with Crippen molar-refractivity contribution >= 4 is 28.8 Å². The zero-order valence-electron chi connectivity index (χ0n) is 15.8. The van der Waals surface area contributed by atoms with Gasteiger partial charge in [-0.1, -0.05) is 54.2 Å². The van der Waals surface area contributed by atoms with Gasteiger partial charge in [0, 0.05) is 15.5 Å². The number of nitrogens with one attached hydrogen (secondary N) is 1. The molecule has 0 saturated carbocycles. The molecule has 1 aliphatic heterocycles. The van der Waals surface area contributed by atoms with Crippen molar-refractivity contribution < 1.29 is 21.2 Å². The van der Waals surface area contributed by atoms with Gasteiger partial charge in [-0.3, -0.25) is 0 Å². The Morgan fingerprint density at radius 2 is 1.17 bits per heavy atom. The first kappa shape index (κ1) is 18.6. The minimum atomic E-state index is -0.118. The van der Waals surface area contributed by atoms with Crippen LogP contribution in [0.1, 0.15) is 0 Å². The number of para-hydroxylation sites is 2. The van der Waals surface area contributed by atoms with Crippen molar-refractivity contribution in [2.24, 2.45) is 0 Å². The van der Waals surface area contributed by atoms with Gasteiger partial charge in [-0.05, 0) is 60.7 Å². The number of nitrogens with zero attached hydrogens (tertiary/aromatic N) is 1. The monoisotopic (exact) mass is 507 g/mol. The van der Waals surface area contributed by atoms with Crippen molar-refractivity contribution in [3.05, 3.63) is 110 Å². The van der Waals surface area contributed by atoms with Crippen LogP contribution in [0, 0.1) is 7.14 Å². The second kappa shape index (κ2) is 8.51. The lowest BCUT2D eigenvalue weighted by molar-refractivity contribution is -0.597. The molecule has 0 aromatic heterocycles. The summed E-state index contributed by atoms with van der Waals surface area (Å²) in [6.45, 7) is 0.738. The lowest BCUT2D eigenvalue weighted by Crippen LogP contribution is -3.61. The Labute approximate surface area is 186 Å². The molecule has 0 bridgehead atoms. The Hall–Kier alpha value is -2.44. The van der Waals surface area contributed by atoms with Crippen LogP contribution in [-0.2, 0) is 0 Å². The molecule has 0 fully saturated rings. The maximum absolute atomic E-state index is 3.62. The van der Waals surface area contributed by atoms with Crippen LogP contribution >= 0.6 is 11.8 Å². The van der Waals surface area contributed by atoms with E-state index in [4.69, 9.17) is 0 Å². The highest BCUT2D eigenvalue weighted by Gasteiger charge is 2.22. The Morgan fingerprint density at radius 1 is 0.621 bits per heavy atom. The zero-order chi connectivity index (χ0) is 19.5. The first-order chi connectivity index (χ1) is 14.4. The molecule has 142 valence electrons. The topological polar surface area (TPSA) is 15.3 Å². The molecule has 0 aliphatic carbocycles. The summed E-state index contributed by atoms with van der Waals surface area (Å²) in [5.74, 6) is 0. The molecule has 1 N–H and O–H groups in total. The molecule has 0 saturated heterocycles. The van der Waals surface area contributed by atoms with E-state index in [2.05, 4.69) is 113 Å². The molecule has 0 amide bonds. The van der Waals surface area contributed by atoms with Crippen molar-refractivity contribution in [1.82, 2.24) is 0 Å². The second-order valence-electron chi connectivity index (χ2n) is 6.70.